The molecule has 1 atom stereocenters. The Hall–Kier alpha value is -2.89. The van der Waals surface area contributed by atoms with Gasteiger partial charge in [-0.25, -0.2) is 13.6 Å². The number of nitrogens with two attached hydrogens (primary N) is 1. The Kier molecular flexibility index (Phi) is 4.68. The second kappa shape index (κ2) is 6.78. The Balaban J connectivity index is 1.80. The molecule has 0 unspecified atom stereocenters. The van der Waals surface area contributed by atoms with Gasteiger partial charge in [-0.1, -0.05) is 12.1 Å². The Morgan fingerprint density at radius 1 is 1.35 bits per heavy atom. The molecule has 0 bridgehead atoms. The molecule has 1 aliphatic heterocycles. The Labute approximate surface area is 151 Å². The number of anilines is 1. The van der Waals surface area contributed by atoms with Gasteiger partial charge in [0.2, 0.25) is 10.0 Å². The maximum absolute atomic E-state index is 12.6. The van der Waals surface area contributed by atoms with Gasteiger partial charge in [-0.05, 0) is 49.2 Å². The minimum Gasteiger partial charge on any atom is -0.482 e. The summed E-state index contributed by atoms with van der Waals surface area (Å²) < 4.78 is 28.5. The standard InChI is InChI=1S/C18H17N3O4S/c1-12-8-14-9-15(26(20,23)24)6-7-16(14)21(12)18(22)11-25-17-5-3-2-4-13(17)10-19/h2-7,9,12H,8,11H2,1H3,(H2,20,23,24)/t12-/m1/s1. The number of sulfonamides is 1. The third-order valence-corrected chi connectivity index (χ3v) is 5.13. The highest BCUT2D eigenvalue weighted by atomic mass is 32.2. The molecule has 2 aromatic rings. The van der Waals surface area contributed by atoms with E-state index in [0.29, 0.717) is 23.4 Å². The molecule has 1 aliphatic rings. The van der Waals surface area contributed by atoms with Crippen molar-refractivity contribution in [1.82, 2.24) is 0 Å². The number of nitriles is 1. The minimum atomic E-state index is -3.79. The third-order valence-electron chi connectivity index (χ3n) is 4.22. The van der Waals surface area contributed by atoms with Crippen LogP contribution in [0.4, 0.5) is 5.69 Å². The molecule has 8 heteroatoms. The van der Waals surface area contributed by atoms with Crippen LogP contribution in [0.2, 0.25) is 0 Å². The van der Waals surface area contributed by atoms with Crippen molar-refractivity contribution in [2.75, 3.05) is 11.5 Å². The monoisotopic (exact) mass is 371 g/mol. The molecular formula is C18H17N3O4S. The molecule has 1 amide bonds. The Bertz CT molecular complexity index is 1010. The highest BCUT2D eigenvalue weighted by Gasteiger charge is 2.32. The molecule has 2 N–H and O–H groups in total. The molecule has 7 nitrogen and oxygen atoms in total. The lowest BCUT2D eigenvalue weighted by Gasteiger charge is -2.23. The predicted molar refractivity (Wildman–Crippen MR) is 95.1 cm³/mol. The van der Waals surface area contributed by atoms with Crippen molar-refractivity contribution in [3.05, 3.63) is 53.6 Å². The summed E-state index contributed by atoms with van der Waals surface area (Å²) in [5.74, 6) is 0.0762. The number of carbonyl (C=O) groups is 1. The van der Waals surface area contributed by atoms with Crippen molar-refractivity contribution in [3.8, 4) is 11.8 Å². The van der Waals surface area contributed by atoms with Gasteiger partial charge in [0.1, 0.15) is 11.8 Å². The van der Waals surface area contributed by atoms with Crippen molar-refractivity contribution >= 4 is 21.6 Å². The van der Waals surface area contributed by atoms with Crippen molar-refractivity contribution in [3.63, 3.8) is 0 Å². The molecule has 134 valence electrons. The zero-order chi connectivity index (χ0) is 18.9. The first-order valence-corrected chi connectivity index (χ1v) is 9.45. The van der Waals surface area contributed by atoms with Gasteiger partial charge in [-0.2, -0.15) is 5.26 Å². The normalized spacial score (nSPS) is 16.0. The van der Waals surface area contributed by atoms with Crippen LogP contribution in [-0.2, 0) is 21.2 Å². The van der Waals surface area contributed by atoms with Crippen molar-refractivity contribution in [1.29, 1.82) is 5.26 Å². The second-order valence-corrected chi connectivity index (χ2v) is 7.61. The predicted octanol–water partition coefficient (Wildman–Crippen LogP) is 1.56. The number of para-hydroxylation sites is 1. The number of benzene rings is 2. The summed E-state index contributed by atoms with van der Waals surface area (Å²) >= 11 is 0. The number of primary sulfonamides is 1. The van der Waals surface area contributed by atoms with Crippen molar-refractivity contribution in [2.24, 2.45) is 5.14 Å². The van der Waals surface area contributed by atoms with Gasteiger partial charge in [0, 0.05) is 11.7 Å². The topological polar surface area (TPSA) is 113 Å². The van der Waals surface area contributed by atoms with E-state index in [4.69, 9.17) is 15.1 Å². The van der Waals surface area contributed by atoms with Gasteiger partial charge in [0.05, 0.1) is 10.5 Å². The van der Waals surface area contributed by atoms with Gasteiger partial charge in [0.25, 0.3) is 5.91 Å². The maximum Gasteiger partial charge on any atom is 0.265 e. The lowest BCUT2D eigenvalue weighted by atomic mass is 10.1. The van der Waals surface area contributed by atoms with Crippen LogP contribution in [0.15, 0.2) is 47.4 Å². The van der Waals surface area contributed by atoms with E-state index in [2.05, 4.69) is 0 Å². The first-order valence-electron chi connectivity index (χ1n) is 7.91. The number of rotatable bonds is 4. The van der Waals surface area contributed by atoms with Crippen LogP contribution in [0, 0.1) is 11.3 Å². The Morgan fingerprint density at radius 3 is 2.77 bits per heavy atom. The van der Waals surface area contributed by atoms with Crippen LogP contribution in [0.1, 0.15) is 18.1 Å². The molecule has 0 aromatic heterocycles. The van der Waals surface area contributed by atoms with Crippen molar-refractivity contribution in [2.45, 2.75) is 24.3 Å². The lowest BCUT2D eigenvalue weighted by Crippen LogP contribution is -2.39. The van der Waals surface area contributed by atoms with E-state index in [1.165, 1.54) is 12.1 Å². The summed E-state index contributed by atoms with van der Waals surface area (Å²) in [6, 6.07) is 13.0. The molecule has 0 radical (unpaired) electrons. The first kappa shape index (κ1) is 17.9. The van der Waals surface area contributed by atoms with E-state index in [0.717, 1.165) is 5.56 Å². The molecule has 0 spiro atoms. The molecule has 0 fully saturated rings. The summed E-state index contributed by atoms with van der Waals surface area (Å²) in [5, 5.41) is 14.2. The molecule has 2 aromatic carbocycles. The molecule has 1 heterocycles. The number of amides is 1. The smallest absolute Gasteiger partial charge is 0.265 e. The average Bonchev–Trinajstić information content (AvgIpc) is 2.94. The number of hydrogen-bond donors (Lipinski definition) is 1. The largest absolute Gasteiger partial charge is 0.482 e. The fourth-order valence-corrected chi connectivity index (χ4v) is 3.62. The van der Waals surface area contributed by atoms with Crippen LogP contribution in [0.25, 0.3) is 0 Å². The fourth-order valence-electron chi connectivity index (χ4n) is 3.06. The molecular weight excluding hydrogens is 354 g/mol. The molecule has 26 heavy (non-hydrogen) atoms. The zero-order valence-corrected chi connectivity index (χ0v) is 14.9. The minimum absolute atomic E-state index is 0.0250. The van der Waals surface area contributed by atoms with Crippen LogP contribution in [-0.4, -0.2) is 27.0 Å². The maximum atomic E-state index is 12.6. The summed E-state index contributed by atoms with van der Waals surface area (Å²) in [6.45, 7) is 1.65. The summed E-state index contributed by atoms with van der Waals surface area (Å²) in [5.41, 5.74) is 1.75. The summed E-state index contributed by atoms with van der Waals surface area (Å²) in [6.07, 6.45) is 0.527. The quantitative estimate of drug-likeness (QED) is 0.876. The van der Waals surface area contributed by atoms with Crippen LogP contribution in [0.5, 0.6) is 5.75 Å². The summed E-state index contributed by atoms with van der Waals surface area (Å²) in [7, 11) is -3.79. The first-order chi connectivity index (χ1) is 12.3. The van der Waals surface area contributed by atoms with Gasteiger partial charge in [0.15, 0.2) is 6.61 Å². The average molecular weight is 371 g/mol. The third kappa shape index (κ3) is 3.40. The van der Waals surface area contributed by atoms with E-state index in [9.17, 15) is 13.2 Å². The summed E-state index contributed by atoms with van der Waals surface area (Å²) in [4.78, 5) is 14.3. The highest BCUT2D eigenvalue weighted by Crippen LogP contribution is 2.33. The van der Waals surface area contributed by atoms with Gasteiger partial charge >= 0.3 is 0 Å². The Morgan fingerprint density at radius 2 is 2.08 bits per heavy atom. The SMILES string of the molecule is C[C@@H]1Cc2cc(S(N)(=O)=O)ccc2N1C(=O)COc1ccccc1C#N. The second-order valence-electron chi connectivity index (χ2n) is 6.05. The molecule has 0 saturated carbocycles. The number of carbonyl (C=O) groups excluding carboxylic acids is 1. The van der Waals surface area contributed by atoms with E-state index in [1.807, 2.05) is 13.0 Å². The van der Waals surface area contributed by atoms with Gasteiger partial charge in [-0.3, -0.25) is 4.79 Å². The van der Waals surface area contributed by atoms with E-state index >= 15 is 0 Å². The van der Waals surface area contributed by atoms with E-state index in [-0.39, 0.29) is 23.5 Å². The van der Waals surface area contributed by atoms with Crippen LogP contribution >= 0.6 is 0 Å². The number of hydrogen-bond acceptors (Lipinski definition) is 5. The van der Waals surface area contributed by atoms with Gasteiger partial charge < -0.3 is 9.64 Å². The number of nitrogens with zero attached hydrogens (tertiary/aromatic N) is 2. The highest BCUT2D eigenvalue weighted by molar-refractivity contribution is 7.89. The van der Waals surface area contributed by atoms with E-state index < -0.39 is 10.0 Å². The van der Waals surface area contributed by atoms with Gasteiger partial charge in [-0.15, -0.1) is 0 Å². The van der Waals surface area contributed by atoms with Crippen molar-refractivity contribution < 1.29 is 17.9 Å². The fraction of sp³-hybridized carbons (Fsp3) is 0.222. The zero-order valence-electron chi connectivity index (χ0n) is 14.0. The van der Waals surface area contributed by atoms with Crippen LogP contribution < -0.4 is 14.8 Å². The lowest BCUT2D eigenvalue weighted by molar-refractivity contribution is -0.120. The van der Waals surface area contributed by atoms with Crippen LogP contribution in [0.3, 0.4) is 0 Å². The van der Waals surface area contributed by atoms with E-state index in [1.54, 1.807) is 35.2 Å². The molecule has 0 aliphatic carbocycles. The molecule has 0 saturated heterocycles. The number of fused-ring (bicyclic) bond motifs is 1. The molecule has 3 rings (SSSR count). The number of ether oxygens (including phenoxy) is 1.